The van der Waals surface area contributed by atoms with E-state index >= 15 is 0 Å². The molecule has 20 nitrogen and oxygen atoms in total. The van der Waals surface area contributed by atoms with Crippen LogP contribution in [0.4, 0.5) is 0 Å². The predicted octanol–water partition coefficient (Wildman–Crippen LogP) is 12.5. The van der Waals surface area contributed by atoms with Gasteiger partial charge < -0.3 is 42.2 Å². The van der Waals surface area contributed by atoms with Gasteiger partial charge in [-0.3, -0.25) is 33.8 Å². The molecule has 0 saturated carbocycles. The molecular weight excluding hydrogens is 1210 g/mol. The van der Waals surface area contributed by atoms with Gasteiger partial charge in [0.1, 0.15) is 5.71 Å². The number of aromatic nitrogens is 2. The molecule has 2 aliphatic heterocycles. The fraction of sp³-hybridized carbons (Fsp3) is 0.293. The highest BCUT2D eigenvalue weighted by atomic mass is 16.7. The zero-order valence-electron chi connectivity index (χ0n) is 54.0. The summed E-state index contributed by atoms with van der Waals surface area (Å²) in [5, 5.41) is 11.5. The maximum Gasteiger partial charge on any atom is 0.400 e. The summed E-state index contributed by atoms with van der Waals surface area (Å²) in [6.45, 7) is 15.6. The summed E-state index contributed by atoms with van der Waals surface area (Å²) in [4.78, 5) is 106. The first-order valence-electron chi connectivity index (χ1n) is 31.7. The highest BCUT2D eigenvalue weighted by Gasteiger charge is 2.38. The fourth-order valence-electron chi connectivity index (χ4n) is 12.1. The number of carbonyl (C=O) groups excluding carboxylic acids is 7. The van der Waals surface area contributed by atoms with Crippen LogP contribution in [0.1, 0.15) is 112 Å². The first-order valence-corrected chi connectivity index (χ1v) is 31.7. The van der Waals surface area contributed by atoms with Crippen LogP contribution in [0.25, 0.3) is 55.0 Å². The number of ether oxygens (including phenoxy) is 4. The van der Waals surface area contributed by atoms with Crippen LogP contribution in [0.3, 0.4) is 0 Å². The minimum atomic E-state index is -0.810. The van der Waals surface area contributed by atoms with E-state index in [1.807, 2.05) is 126 Å². The summed E-state index contributed by atoms with van der Waals surface area (Å²) >= 11 is 0. The second-order valence-corrected chi connectivity index (χ2v) is 24.2. The minimum absolute atomic E-state index is 0.0229. The maximum absolute atomic E-state index is 13.8. The number of morpholine rings is 2. The summed E-state index contributed by atoms with van der Waals surface area (Å²) in [5.74, 6) is -3.09. The van der Waals surface area contributed by atoms with E-state index in [4.69, 9.17) is 33.0 Å². The van der Waals surface area contributed by atoms with Crippen molar-refractivity contribution in [2.24, 2.45) is 10.3 Å². The molecule has 2 fully saturated rings. The third-order valence-electron chi connectivity index (χ3n) is 17.5. The molecule has 0 spiro atoms. The van der Waals surface area contributed by atoms with Gasteiger partial charge in [-0.25, -0.2) is 9.59 Å². The van der Waals surface area contributed by atoms with Crippen molar-refractivity contribution in [1.29, 1.82) is 0 Å². The van der Waals surface area contributed by atoms with Crippen molar-refractivity contribution in [2.45, 2.75) is 71.4 Å². The average Bonchev–Trinajstić information content (AvgIpc) is 1.61. The third-order valence-corrected chi connectivity index (χ3v) is 17.5. The zero-order chi connectivity index (χ0) is 66.8. The number of methoxy groups -OCH3 is 1. The Morgan fingerprint density at radius 2 is 1.01 bits per heavy atom. The SMILES string of the molecule is CCCCOC/C(=N\OC(=O)c1ccco1)C(=O)c1ccc(-n2c3ccccc3c3cc(C(=O)C(C)(C)N4CCOCC4)ccc32)cc1.COC(=O)C/C(=N\OC(=O)C1=CC=CC1)C(=O)c1ccc(-n2c3ccccc3c3cc(C(=O)C(C)(C)N4CCOCC4)ccc32)cc1. The summed E-state index contributed by atoms with van der Waals surface area (Å²) < 4.78 is 30.7. The number of carbonyl (C=O) groups is 7. The number of hydrogen-bond donors (Lipinski definition) is 0. The molecule has 0 N–H and O–H groups in total. The Kier molecular flexibility index (Phi) is 20.6. The first kappa shape index (κ1) is 66.4. The van der Waals surface area contributed by atoms with Crippen molar-refractivity contribution < 1.29 is 66.6 Å². The van der Waals surface area contributed by atoms with Crippen molar-refractivity contribution in [3.63, 3.8) is 0 Å². The van der Waals surface area contributed by atoms with E-state index in [0.29, 0.717) is 87.9 Å². The Morgan fingerprint density at radius 3 is 1.48 bits per heavy atom. The van der Waals surface area contributed by atoms with Gasteiger partial charge in [0, 0.05) is 93.5 Å². The molecule has 20 heteroatoms. The zero-order valence-corrected chi connectivity index (χ0v) is 54.0. The number of nitrogens with zero attached hydrogens (tertiary/aromatic N) is 6. The second-order valence-electron chi connectivity index (χ2n) is 24.2. The number of fused-ring (bicyclic) bond motifs is 6. The van der Waals surface area contributed by atoms with Crippen molar-refractivity contribution in [1.82, 2.24) is 18.9 Å². The monoisotopic (exact) mass is 1280 g/mol. The minimum Gasteiger partial charge on any atom is -0.469 e. The molecule has 2 saturated heterocycles. The van der Waals surface area contributed by atoms with Crippen molar-refractivity contribution >= 4 is 96.1 Å². The molecule has 488 valence electrons. The lowest BCUT2D eigenvalue weighted by Crippen LogP contribution is -2.54. The van der Waals surface area contributed by atoms with Crippen LogP contribution >= 0.6 is 0 Å². The van der Waals surface area contributed by atoms with Gasteiger partial charge in [0.25, 0.3) is 0 Å². The lowest BCUT2D eigenvalue weighted by atomic mass is 9.90. The largest absolute Gasteiger partial charge is 0.469 e. The molecule has 0 amide bonds. The third kappa shape index (κ3) is 14.4. The average molecular weight is 1280 g/mol. The molecule has 0 atom stereocenters. The summed E-state index contributed by atoms with van der Waals surface area (Å²) in [7, 11) is 1.20. The van der Waals surface area contributed by atoms with E-state index in [9.17, 15) is 33.6 Å². The summed E-state index contributed by atoms with van der Waals surface area (Å²) in [6, 6.07) is 44.8. The van der Waals surface area contributed by atoms with Gasteiger partial charge in [-0.05, 0) is 150 Å². The molecule has 12 rings (SSSR count). The topological polar surface area (TPSA) is 229 Å². The standard InChI is InChI=1S/C38H39N3O7.C37H35N3O7/c1-4-5-20-46-25-31(39-48-37(44)34-11-8-21-47-34)35(42)26-12-15-28(16-13-26)41-32-10-7-6-9-29(32)30-24-27(14-17-33(30)41)36(43)38(2,3)40-18-22-45-23-19-40;1-37(2,39-18-20-46-21-19-39)35(43)26-14-17-32-29(22-26)28-10-6-7-11-31(28)40(32)27-15-12-24(13-16-27)34(42)30(23-33(41)45-3)38-47-36(44)25-8-4-5-9-25/h6-17,21,24H,4-5,18-20,22-23,25H2,1-3H3;4-8,10-17,22H,9,18-21,23H2,1-3H3/b39-31+;38-30+. The van der Waals surface area contributed by atoms with Crippen LogP contribution in [-0.2, 0) is 38.2 Å². The second kappa shape index (κ2) is 29.5. The van der Waals surface area contributed by atoms with Gasteiger partial charge in [-0.1, -0.05) is 78.3 Å². The number of furan rings is 1. The highest BCUT2D eigenvalue weighted by molar-refractivity contribution is 6.48. The van der Waals surface area contributed by atoms with E-state index in [2.05, 4.69) is 35.3 Å². The molecule has 3 aliphatic rings. The molecule has 0 unspecified atom stereocenters. The van der Waals surface area contributed by atoms with E-state index in [1.165, 1.54) is 19.4 Å². The van der Waals surface area contributed by atoms with Crippen LogP contribution in [-0.4, -0.2) is 155 Å². The number of oxime groups is 2. The fourth-order valence-corrected chi connectivity index (χ4v) is 12.1. The van der Waals surface area contributed by atoms with Gasteiger partial charge in [-0.15, -0.1) is 0 Å². The summed E-state index contributed by atoms with van der Waals surface area (Å²) in [5.41, 5.74) is 6.06. The molecule has 0 bridgehead atoms. The van der Waals surface area contributed by atoms with E-state index < -0.39 is 47.0 Å². The molecule has 6 aromatic carbocycles. The van der Waals surface area contributed by atoms with Gasteiger partial charge in [0.2, 0.25) is 17.3 Å². The number of esters is 1. The van der Waals surface area contributed by atoms with E-state index in [0.717, 1.165) is 67.8 Å². The van der Waals surface area contributed by atoms with Crippen LogP contribution in [0, 0.1) is 0 Å². The normalized spacial score (nSPS) is 15.0. The van der Waals surface area contributed by atoms with Gasteiger partial charge in [-0.2, -0.15) is 0 Å². The molecule has 9 aromatic rings. The van der Waals surface area contributed by atoms with Crippen molar-refractivity contribution in [2.75, 3.05) is 72.9 Å². The highest BCUT2D eigenvalue weighted by Crippen LogP contribution is 2.36. The number of allylic oxidation sites excluding steroid dienone is 3. The van der Waals surface area contributed by atoms with Crippen LogP contribution < -0.4 is 0 Å². The van der Waals surface area contributed by atoms with Crippen molar-refractivity contribution in [3.05, 3.63) is 204 Å². The number of hydrogen-bond acceptors (Lipinski definition) is 18. The quantitative estimate of drug-likeness (QED) is 0.0145. The first-order chi connectivity index (χ1) is 46.0. The smallest absolute Gasteiger partial charge is 0.400 e. The Bertz CT molecular complexity index is 4500. The summed E-state index contributed by atoms with van der Waals surface area (Å²) in [6.07, 6.45) is 8.19. The molecular formula is C75H74N6O14. The van der Waals surface area contributed by atoms with Crippen LogP contribution in [0.5, 0.6) is 0 Å². The van der Waals surface area contributed by atoms with Crippen LogP contribution in [0.15, 0.2) is 190 Å². The number of para-hydroxylation sites is 2. The number of Topliss-reactive ketones (excluding diaryl/α,β-unsaturated/α-hetero) is 4. The number of unbranched alkanes of at least 4 members (excludes halogenated alkanes) is 1. The van der Waals surface area contributed by atoms with E-state index in [1.54, 1.807) is 60.7 Å². The Morgan fingerprint density at radius 1 is 0.537 bits per heavy atom. The number of rotatable bonds is 23. The van der Waals surface area contributed by atoms with Crippen molar-refractivity contribution in [3.8, 4) is 11.4 Å². The Labute approximate surface area is 548 Å². The van der Waals surface area contributed by atoms with Gasteiger partial charge >= 0.3 is 17.9 Å². The van der Waals surface area contributed by atoms with Gasteiger partial charge in [0.15, 0.2) is 17.3 Å². The molecule has 95 heavy (non-hydrogen) atoms. The molecule has 1 aliphatic carbocycles. The lowest BCUT2D eigenvalue weighted by molar-refractivity contribution is -0.141. The van der Waals surface area contributed by atoms with E-state index in [-0.39, 0.29) is 40.9 Å². The number of benzene rings is 6. The maximum atomic E-state index is 13.8. The molecule has 3 aromatic heterocycles. The molecule has 5 heterocycles. The Balaban J connectivity index is 0.000000193. The Hall–Kier alpha value is -10.1. The van der Waals surface area contributed by atoms with Crippen LogP contribution in [0.2, 0.25) is 0 Å². The molecule has 0 radical (unpaired) electrons. The lowest BCUT2D eigenvalue weighted by Gasteiger charge is -2.39. The predicted molar refractivity (Wildman–Crippen MR) is 361 cm³/mol. The number of ketones is 4. The van der Waals surface area contributed by atoms with Gasteiger partial charge in [0.05, 0.1) is 86.0 Å².